The number of H-pyrrole nitrogens is 1. The molecule has 94 valence electrons. The van der Waals surface area contributed by atoms with Gasteiger partial charge in [-0.3, -0.25) is 10.1 Å². The maximum Gasteiger partial charge on any atom is 0.337 e. The van der Waals surface area contributed by atoms with Crippen LogP contribution in [0.1, 0.15) is 17.3 Å². The molecule has 0 aliphatic rings. The van der Waals surface area contributed by atoms with Crippen LogP contribution in [0.2, 0.25) is 0 Å². The van der Waals surface area contributed by atoms with Gasteiger partial charge in [0.1, 0.15) is 0 Å². The third-order valence-electron chi connectivity index (χ3n) is 2.09. The number of aromatic nitrogens is 3. The maximum atomic E-state index is 12.0. The van der Waals surface area contributed by atoms with Crippen LogP contribution >= 0.6 is 22.6 Å². The van der Waals surface area contributed by atoms with Crippen molar-refractivity contribution < 1.29 is 9.53 Å². The fourth-order valence-corrected chi connectivity index (χ4v) is 1.95. The molecule has 0 unspecified atom stereocenters. The Balaban J connectivity index is 2.09. The van der Waals surface area contributed by atoms with Crippen LogP contribution in [0, 0.1) is 3.57 Å². The lowest BCUT2D eigenvalue weighted by Crippen LogP contribution is -2.14. The first kappa shape index (κ1) is 12.8. The molecule has 1 aromatic carbocycles. The fourth-order valence-electron chi connectivity index (χ4n) is 1.32. The topological polar surface area (TPSA) is 79.9 Å². The van der Waals surface area contributed by atoms with Crippen LogP contribution in [0.4, 0.5) is 5.95 Å². The maximum absolute atomic E-state index is 12.0. The van der Waals surface area contributed by atoms with Gasteiger partial charge >= 0.3 is 6.01 Å². The normalized spacial score (nSPS) is 10.1. The van der Waals surface area contributed by atoms with Gasteiger partial charge in [-0.2, -0.15) is 4.98 Å². The SMILES string of the molecule is CCOc1n[nH]c(NC(=O)c2ccccc2I)n1. The second kappa shape index (κ2) is 5.80. The van der Waals surface area contributed by atoms with Gasteiger partial charge < -0.3 is 4.74 Å². The zero-order chi connectivity index (χ0) is 13.0. The van der Waals surface area contributed by atoms with E-state index in [9.17, 15) is 4.79 Å². The molecule has 1 heterocycles. The summed E-state index contributed by atoms with van der Waals surface area (Å²) in [6.45, 7) is 2.31. The highest BCUT2D eigenvalue weighted by Crippen LogP contribution is 2.13. The van der Waals surface area contributed by atoms with Crippen LogP contribution in [-0.4, -0.2) is 27.7 Å². The van der Waals surface area contributed by atoms with E-state index in [-0.39, 0.29) is 17.9 Å². The van der Waals surface area contributed by atoms with Crippen molar-refractivity contribution in [2.24, 2.45) is 0 Å². The minimum absolute atomic E-state index is 0.218. The molecule has 0 saturated heterocycles. The standard InChI is InChI=1S/C11H11IN4O2/c1-2-18-11-14-10(15-16-11)13-9(17)7-5-3-4-6-8(7)12/h3-6H,2H2,1H3,(H2,13,14,15,16,17). The first-order valence-corrected chi connectivity index (χ1v) is 6.39. The van der Waals surface area contributed by atoms with E-state index in [0.717, 1.165) is 3.57 Å². The number of amides is 1. The van der Waals surface area contributed by atoms with E-state index in [1.54, 1.807) is 6.07 Å². The Bertz CT molecular complexity index is 555. The number of hydrogen-bond acceptors (Lipinski definition) is 4. The molecule has 0 saturated carbocycles. The molecule has 2 aromatic rings. The minimum Gasteiger partial charge on any atom is -0.463 e. The Hall–Kier alpha value is -1.64. The lowest BCUT2D eigenvalue weighted by molar-refractivity contribution is 0.102. The summed E-state index contributed by atoms with van der Waals surface area (Å²) in [5.41, 5.74) is 0.590. The molecule has 1 aromatic heterocycles. The molecule has 0 spiro atoms. The zero-order valence-corrected chi connectivity index (χ0v) is 11.8. The van der Waals surface area contributed by atoms with Crippen LogP contribution in [0.3, 0.4) is 0 Å². The van der Waals surface area contributed by atoms with Crippen molar-refractivity contribution in [1.82, 2.24) is 15.2 Å². The van der Waals surface area contributed by atoms with Crippen molar-refractivity contribution in [3.05, 3.63) is 33.4 Å². The summed E-state index contributed by atoms with van der Waals surface area (Å²) in [6.07, 6.45) is 0. The lowest BCUT2D eigenvalue weighted by Gasteiger charge is -2.03. The van der Waals surface area contributed by atoms with Gasteiger partial charge in [0.25, 0.3) is 5.91 Å². The van der Waals surface area contributed by atoms with Crippen molar-refractivity contribution in [3.8, 4) is 6.01 Å². The number of halogens is 1. The van der Waals surface area contributed by atoms with E-state index < -0.39 is 0 Å². The molecule has 0 atom stereocenters. The second-order valence-corrected chi connectivity index (χ2v) is 4.50. The van der Waals surface area contributed by atoms with Crippen molar-refractivity contribution in [2.45, 2.75) is 6.92 Å². The Kier molecular flexibility index (Phi) is 4.13. The monoisotopic (exact) mass is 358 g/mol. The number of aromatic amines is 1. The Morgan fingerprint density at radius 1 is 1.50 bits per heavy atom. The van der Waals surface area contributed by atoms with E-state index in [0.29, 0.717) is 12.2 Å². The van der Waals surface area contributed by atoms with Crippen molar-refractivity contribution in [2.75, 3.05) is 11.9 Å². The summed E-state index contributed by atoms with van der Waals surface area (Å²) in [6, 6.07) is 7.51. The number of carbonyl (C=O) groups is 1. The molecule has 0 aliphatic carbocycles. The molecule has 6 nitrogen and oxygen atoms in total. The number of carbonyl (C=O) groups excluding carboxylic acids is 1. The molecule has 7 heteroatoms. The molecular weight excluding hydrogens is 347 g/mol. The van der Waals surface area contributed by atoms with Gasteiger partial charge in [-0.25, -0.2) is 5.10 Å². The average molecular weight is 358 g/mol. The van der Waals surface area contributed by atoms with Crippen molar-refractivity contribution in [3.63, 3.8) is 0 Å². The van der Waals surface area contributed by atoms with E-state index in [1.165, 1.54) is 0 Å². The molecule has 18 heavy (non-hydrogen) atoms. The highest BCUT2D eigenvalue weighted by molar-refractivity contribution is 14.1. The van der Waals surface area contributed by atoms with Crippen LogP contribution in [0.25, 0.3) is 0 Å². The summed E-state index contributed by atoms with van der Waals surface area (Å²) in [4.78, 5) is 15.9. The Labute approximate surface area is 117 Å². The van der Waals surface area contributed by atoms with E-state index in [2.05, 4.69) is 43.1 Å². The van der Waals surface area contributed by atoms with Gasteiger partial charge in [0.2, 0.25) is 5.95 Å². The number of anilines is 1. The van der Waals surface area contributed by atoms with Gasteiger partial charge in [0.15, 0.2) is 0 Å². The summed E-state index contributed by atoms with van der Waals surface area (Å²) < 4.78 is 5.96. The lowest BCUT2D eigenvalue weighted by atomic mass is 10.2. The van der Waals surface area contributed by atoms with E-state index in [4.69, 9.17) is 4.74 Å². The average Bonchev–Trinajstić information content (AvgIpc) is 2.77. The number of nitrogens with one attached hydrogen (secondary N) is 2. The van der Waals surface area contributed by atoms with Crippen LogP contribution in [0.5, 0.6) is 6.01 Å². The minimum atomic E-state index is -0.237. The van der Waals surface area contributed by atoms with Crippen LogP contribution in [0.15, 0.2) is 24.3 Å². The molecule has 0 aliphatic heterocycles. The van der Waals surface area contributed by atoms with Gasteiger partial charge in [0.05, 0.1) is 12.2 Å². The molecule has 0 fully saturated rings. The summed E-state index contributed by atoms with van der Waals surface area (Å²) in [5, 5.41) is 9.02. The third-order valence-corrected chi connectivity index (χ3v) is 3.03. The Morgan fingerprint density at radius 3 is 3.00 bits per heavy atom. The number of benzene rings is 1. The van der Waals surface area contributed by atoms with Crippen LogP contribution < -0.4 is 10.1 Å². The number of ether oxygens (including phenoxy) is 1. The smallest absolute Gasteiger partial charge is 0.337 e. The van der Waals surface area contributed by atoms with Crippen molar-refractivity contribution >= 4 is 34.4 Å². The second-order valence-electron chi connectivity index (χ2n) is 3.33. The number of nitrogens with zero attached hydrogens (tertiary/aromatic N) is 2. The zero-order valence-electron chi connectivity index (χ0n) is 9.61. The number of rotatable bonds is 4. The third kappa shape index (κ3) is 2.97. The predicted molar refractivity (Wildman–Crippen MR) is 74.7 cm³/mol. The highest BCUT2D eigenvalue weighted by atomic mass is 127. The first-order valence-electron chi connectivity index (χ1n) is 5.31. The largest absolute Gasteiger partial charge is 0.463 e. The Morgan fingerprint density at radius 2 is 2.28 bits per heavy atom. The summed E-state index contributed by atoms with van der Waals surface area (Å²) in [7, 11) is 0. The van der Waals surface area contributed by atoms with Gasteiger partial charge in [-0.05, 0) is 41.6 Å². The van der Waals surface area contributed by atoms with Gasteiger partial charge in [-0.15, -0.1) is 5.10 Å². The fraction of sp³-hybridized carbons (Fsp3) is 0.182. The predicted octanol–water partition coefficient (Wildman–Crippen LogP) is 2.06. The molecule has 2 N–H and O–H groups in total. The molecular formula is C11H11IN4O2. The summed E-state index contributed by atoms with van der Waals surface area (Å²) >= 11 is 2.11. The van der Waals surface area contributed by atoms with Gasteiger partial charge in [0, 0.05) is 3.57 Å². The summed E-state index contributed by atoms with van der Waals surface area (Å²) in [5.74, 6) is 0.0299. The first-order chi connectivity index (χ1) is 8.70. The van der Waals surface area contributed by atoms with Gasteiger partial charge in [-0.1, -0.05) is 12.1 Å². The molecule has 2 rings (SSSR count). The van der Waals surface area contributed by atoms with Crippen molar-refractivity contribution in [1.29, 1.82) is 0 Å². The quantitative estimate of drug-likeness (QED) is 0.820. The van der Waals surface area contributed by atoms with E-state index in [1.807, 2.05) is 25.1 Å². The van der Waals surface area contributed by atoms with E-state index >= 15 is 0 Å². The molecule has 0 radical (unpaired) electrons. The molecule has 1 amide bonds. The number of hydrogen-bond donors (Lipinski definition) is 2. The van der Waals surface area contributed by atoms with Crippen LogP contribution in [-0.2, 0) is 0 Å². The highest BCUT2D eigenvalue weighted by Gasteiger charge is 2.12. The molecule has 0 bridgehead atoms.